The Morgan fingerprint density at radius 2 is 1.93 bits per heavy atom. The Morgan fingerprint density at radius 3 is 2.64 bits per heavy atom. The highest BCUT2D eigenvalue weighted by atomic mass is 32.1. The molecule has 0 radical (unpaired) electrons. The first-order chi connectivity index (χ1) is 13.4. The third-order valence-corrected chi connectivity index (χ3v) is 7.90. The molecule has 1 saturated carbocycles. The van der Waals surface area contributed by atoms with Crippen molar-refractivity contribution in [1.82, 2.24) is 14.8 Å². The number of thiazole rings is 1. The smallest absolute Gasteiger partial charge is 0.312 e. The lowest BCUT2D eigenvalue weighted by Gasteiger charge is -2.38. The summed E-state index contributed by atoms with van der Waals surface area (Å²) in [6, 6.07) is 6.23. The standard InChI is InChI=1S/C21H26N4O2S/c1-11-3-5-16(25(8-11)21(27)19(22)26)12-4-6-17-15(7-12)23-20(28-17)18-13-9-24(2)10-14(13)18/h4,6-7,11,13-14,16,18H,3,5,8-10H2,1-2H3,(H2,22,26)/t11-,13-,14+,16+,18?/m0/s1. The van der Waals surface area contributed by atoms with Gasteiger partial charge in [0.1, 0.15) is 0 Å². The van der Waals surface area contributed by atoms with E-state index in [1.807, 2.05) is 11.3 Å². The van der Waals surface area contributed by atoms with Gasteiger partial charge in [0.05, 0.1) is 21.3 Å². The molecule has 2 N–H and O–H groups in total. The van der Waals surface area contributed by atoms with Crippen LogP contribution in [0.5, 0.6) is 0 Å². The number of piperidine rings is 2. The molecule has 6 nitrogen and oxygen atoms in total. The van der Waals surface area contributed by atoms with Crippen LogP contribution < -0.4 is 5.73 Å². The first-order valence-corrected chi connectivity index (χ1v) is 10.9. The number of carbonyl (C=O) groups excluding carboxylic acids is 2. The number of aromatic nitrogens is 1. The molecule has 28 heavy (non-hydrogen) atoms. The van der Waals surface area contributed by atoms with Crippen LogP contribution in [0, 0.1) is 17.8 Å². The topological polar surface area (TPSA) is 79.5 Å². The summed E-state index contributed by atoms with van der Waals surface area (Å²) in [4.78, 5) is 32.9. The number of amides is 2. The molecule has 5 rings (SSSR count). The predicted octanol–water partition coefficient (Wildman–Crippen LogP) is 2.36. The molecule has 2 amide bonds. The number of primary amides is 1. The van der Waals surface area contributed by atoms with E-state index in [1.165, 1.54) is 22.8 Å². The van der Waals surface area contributed by atoms with Crippen molar-refractivity contribution in [2.24, 2.45) is 23.5 Å². The van der Waals surface area contributed by atoms with Crippen LogP contribution in [-0.4, -0.2) is 53.3 Å². The van der Waals surface area contributed by atoms with Crippen molar-refractivity contribution in [3.05, 3.63) is 28.8 Å². The predicted molar refractivity (Wildman–Crippen MR) is 109 cm³/mol. The van der Waals surface area contributed by atoms with Crippen molar-refractivity contribution < 1.29 is 9.59 Å². The van der Waals surface area contributed by atoms with Crippen LogP contribution in [0.4, 0.5) is 0 Å². The highest BCUT2D eigenvalue weighted by Gasteiger charge is 2.56. The third-order valence-electron chi connectivity index (χ3n) is 6.76. The van der Waals surface area contributed by atoms with Crippen LogP contribution in [0.2, 0.25) is 0 Å². The van der Waals surface area contributed by atoms with E-state index in [0.717, 1.165) is 35.8 Å². The first-order valence-electron chi connectivity index (χ1n) is 10.1. The van der Waals surface area contributed by atoms with Gasteiger partial charge in [-0.1, -0.05) is 13.0 Å². The maximum atomic E-state index is 12.4. The van der Waals surface area contributed by atoms with Gasteiger partial charge in [0.15, 0.2) is 0 Å². The van der Waals surface area contributed by atoms with Gasteiger partial charge in [-0.25, -0.2) is 4.98 Å². The van der Waals surface area contributed by atoms with Gasteiger partial charge in [0, 0.05) is 25.6 Å². The largest absolute Gasteiger partial charge is 0.361 e. The van der Waals surface area contributed by atoms with Crippen LogP contribution >= 0.6 is 11.3 Å². The van der Waals surface area contributed by atoms with Gasteiger partial charge in [-0.2, -0.15) is 0 Å². The van der Waals surface area contributed by atoms with E-state index in [0.29, 0.717) is 18.4 Å². The van der Waals surface area contributed by atoms with Gasteiger partial charge in [0.2, 0.25) is 0 Å². The molecule has 1 unspecified atom stereocenters. The number of likely N-dealkylation sites (tertiary alicyclic amines) is 2. The van der Waals surface area contributed by atoms with E-state index in [1.54, 1.807) is 4.90 Å². The van der Waals surface area contributed by atoms with E-state index in [2.05, 4.69) is 37.1 Å². The fourth-order valence-corrected chi connectivity index (χ4v) is 6.48. The second kappa shape index (κ2) is 6.52. The lowest BCUT2D eigenvalue weighted by Crippen LogP contribution is -2.46. The average molecular weight is 399 g/mol. The Hall–Kier alpha value is -1.99. The quantitative estimate of drug-likeness (QED) is 0.788. The van der Waals surface area contributed by atoms with Crippen molar-refractivity contribution in [3.8, 4) is 0 Å². The van der Waals surface area contributed by atoms with Gasteiger partial charge in [-0.15, -0.1) is 11.3 Å². The third kappa shape index (κ3) is 2.92. The zero-order chi connectivity index (χ0) is 19.6. The van der Waals surface area contributed by atoms with Gasteiger partial charge < -0.3 is 15.5 Å². The van der Waals surface area contributed by atoms with Crippen molar-refractivity contribution in [1.29, 1.82) is 0 Å². The van der Waals surface area contributed by atoms with Crippen molar-refractivity contribution in [2.45, 2.75) is 31.7 Å². The highest BCUT2D eigenvalue weighted by molar-refractivity contribution is 7.18. The fraction of sp³-hybridized carbons (Fsp3) is 0.571. The van der Waals surface area contributed by atoms with E-state index < -0.39 is 11.8 Å². The number of rotatable bonds is 2. The summed E-state index contributed by atoms with van der Waals surface area (Å²) < 4.78 is 1.20. The highest BCUT2D eigenvalue weighted by Crippen LogP contribution is 2.58. The first kappa shape index (κ1) is 18.1. The Bertz CT molecular complexity index is 945. The Labute approximate surface area is 168 Å². The molecule has 1 aliphatic carbocycles. The minimum atomic E-state index is -0.874. The van der Waals surface area contributed by atoms with Crippen LogP contribution in [0.1, 0.15) is 42.3 Å². The molecule has 3 aliphatic rings. The fourth-order valence-electron chi connectivity index (χ4n) is 5.28. The maximum Gasteiger partial charge on any atom is 0.312 e. The van der Waals surface area contributed by atoms with Gasteiger partial charge in [0.25, 0.3) is 0 Å². The zero-order valence-corrected chi connectivity index (χ0v) is 17.1. The normalized spacial score (nSPS) is 32.5. The summed E-state index contributed by atoms with van der Waals surface area (Å²) in [6.07, 6.45) is 1.88. The summed E-state index contributed by atoms with van der Waals surface area (Å²) in [5.74, 6) is 1.09. The molecule has 0 bridgehead atoms. The molecule has 1 aromatic carbocycles. The summed E-state index contributed by atoms with van der Waals surface area (Å²) in [5.41, 5.74) is 7.37. The SMILES string of the molecule is C[C@H]1CC[C@H](c2ccc3sc(C4[C@H]5CN(C)C[C@@H]45)nc3c2)N(C(=O)C(N)=O)C1. The lowest BCUT2D eigenvalue weighted by molar-refractivity contribution is -0.147. The number of hydrogen-bond donors (Lipinski definition) is 1. The average Bonchev–Trinajstić information content (AvgIpc) is 3.01. The molecule has 3 fully saturated rings. The minimum Gasteiger partial charge on any atom is -0.361 e. The second-order valence-electron chi connectivity index (χ2n) is 8.87. The molecule has 148 valence electrons. The van der Waals surface area contributed by atoms with E-state index in [9.17, 15) is 9.59 Å². The molecule has 5 atom stereocenters. The molecule has 2 aromatic rings. The summed E-state index contributed by atoms with van der Waals surface area (Å²) in [6.45, 7) is 5.05. The number of fused-ring (bicyclic) bond motifs is 2. The van der Waals surface area contributed by atoms with Crippen molar-refractivity contribution in [3.63, 3.8) is 0 Å². The van der Waals surface area contributed by atoms with Gasteiger partial charge in [-0.3, -0.25) is 9.59 Å². The van der Waals surface area contributed by atoms with E-state index in [-0.39, 0.29) is 6.04 Å². The van der Waals surface area contributed by atoms with Crippen LogP contribution in [0.25, 0.3) is 10.2 Å². The Balaban J connectivity index is 1.42. The molecule has 0 spiro atoms. The van der Waals surface area contributed by atoms with Crippen LogP contribution in [0.15, 0.2) is 18.2 Å². The summed E-state index contributed by atoms with van der Waals surface area (Å²) >= 11 is 1.81. The molecule has 7 heteroatoms. The van der Waals surface area contributed by atoms with Crippen molar-refractivity contribution >= 4 is 33.4 Å². The molecule has 2 aliphatic heterocycles. The zero-order valence-electron chi connectivity index (χ0n) is 16.3. The lowest BCUT2D eigenvalue weighted by atomic mass is 9.89. The van der Waals surface area contributed by atoms with Crippen LogP contribution in [0.3, 0.4) is 0 Å². The van der Waals surface area contributed by atoms with Crippen molar-refractivity contribution in [2.75, 3.05) is 26.7 Å². The maximum absolute atomic E-state index is 12.4. The summed E-state index contributed by atoms with van der Waals surface area (Å²) in [5, 5.41) is 1.26. The van der Waals surface area contributed by atoms with E-state index in [4.69, 9.17) is 10.7 Å². The summed E-state index contributed by atoms with van der Waals surface area (Å²) in [7, 11) is 2.19. The number of benzene rings is 1. The molecule has 1 aromatic heterocycles. The molecule has 2 saturated heterocycles. The number of carbonyl (C=O) groups is 2. The van der Waals surface area contributed by atoms with Gasteiger partial charge >= 0.3 is 11.8 Å². The monoisotopic (exact) mass is 398 g/mol. The number of nitrogens with two attached hydrogens (primary N) is 1. The minimum absolute atomic E-state index is 0.0975. The number of nitrogens with zero attached hydrogens (tertiary/aromatic N) is 3. The Kier molecular flexibility index (Phi) is 4.21. The number of hydrogen-bond acceptors (Lipinski definition) is 5. The van der Waals surface area contributed by atoms with E-state index >= 15 is 0 Å². The molecular formula is C21H26N4O2S. The molecular weight excluding hydrogens is 372 g/mol. The van der Waals surface area contributed by atoms with Crippen LogP contribution in [-0.2, 0) is 9.59 Å². The Morgan fingerprint density at radius 1 is 1.18 bits per heavy atom. The van der Waals surface area contributed by atoms with Gasteiger partial charge in [-0.05, 0) is 55.3 Å². The second-order valence-corrected chi connectivity index (χ2v) is 9.94. The molecule has 3 heterocycles.